The van der Waals surface area contributed by atoms with Crippen molar-refractivity contribution in [1.29, 1.82) is 0 Å². The van der Waals surface area contributed by atoms with Gasteiger partial charge in [0.25, 0.3) is 5.91 Å². The number of carbonyl (C=O) groups excluding carboxylic acids is 1. The minimum Gasteiger partial charge on any atom is -0.494 e. The van der Waals surface area contributed by atoms with Crippen molar-refractivity contribution in [2.45, 2.75) is 6.92 Å². The lowest BCUT2D eigenvalue weighted by Gasteiger charge is -2.16. The third kappa shape index (κ3) is 4.69. The summed E-state index contributed by atoms with van der Waals surface area (Å²) in [6, 6.07) is 9.06. The van der Waals surface area contributed by atoms with E-state index in [1.807, 2.05) is 25.1 Å². The highest BCUT2D eigenvalue weighted by molar-refractivity contribution is 5.99. The first-order chi connectivity index (χ1) is 16.0. The number of aromatic nitrogens is 7. The molecule has 0 atom stereocenters. The zero-order valence-corrected chi connectivity index (χ0v) is 18.5. The summed E-state index contributed by atoms with van der Waals surface area (Å²) in [5.41, 5.74) is 2.30. The summed E-state index contributed by atoms with van der Waals surface area (Å²) in [5.74, 6) is 1.65. The molecule has 0 unspecified atom stereocenters. The fourth-order valence-electron chi connectivity index (χ4n) is 3.04. The number of hydrogen-bond acceptors (Lipinski definition) is 10. The lowest BCUT2D eigenvalue weighted by molar-refractivity contribution is 0.0963. The molecular formula is C21H22N10O2. The highest BCUT2D eigenvalue weighted by Crippen LogP contribution is 2.36. The standard InChI is InChI=1S/C21H22N10O2/c1-12-8-9-16(29-28-12)26-21-23-10-14(20(32)22-2)19(27-21)25-15-7-5-6-13(17(15)33-4)18-24-11-31(3)30-18/h5-11H,1-4H3,(H,22,32)(H2,23,25,26,27,29). The molecule has 3 aromatic heterocycles. The molecule has 4 aromatic rings. The Balaban J connectivity index is 1.73. The van der Waals surface area contributed by atoms with Gasteiger partial charge in [0.15, 0.2) is 17.4 Å². The van der Waals surface area contributed by atoms with Crippen LogP contribution in [0.25, 0.3) is 11.4 Å². The molecule has 0 saturated heterocycles. The molecule has 0 aliphatic carbocycles. The lowest BCUT2D eigenvalue weighted by atomic mass is 10.1. The van der Waals surface area contributed by atoms with Crippen molar-refractivity contribution in [2.24, 2.45) is 7.05 Å². The van der Waals surface area contributed by atoms with Crippen molar-refractivity contribution < 1.29 is 9.53 Å². The summed E-state index contributed by atoms with van der Waals surface area (Å²) in [6.07, 6.45) is 3.03. The van der Waals surface area contributed by atoms with Crippen LogP contribution in [0, 0.1) is 6.92 Å². The number of hydrogen-bond donors (Lipinski definition) is 3. The molecule has 12 heteroatoms. The SMILES string of the molecule is CNC(=O)c1cnc(Nc2ccc(C)nn2)nc1Nc1cccc(-c2ncn(C)n2)c1OC. The molecule has 0 bridgehead atoms. The molecule has 168 valence electrons. The maximum Gasteiger partial charge on any atom is 0.256 e. The summed E-state index contributed by atoms with van der Waals surface area (Å²) in [4.78, 5) is 25.5. The Morgan fingerprint density at radius 2 is 1.94 bits per heavy atom. The fraction of sp³-hybridized carbons (Fsp3) is 0.190. The molecule has 0 radical (unpaired) electrons. The van der Waals surface area contributed by atoms with E-state index in [4.69, 9.17) is 4.74 Å². The van der Waals surface area contributed by atoms with Crippen LogP contribution in [0.1, 0.15) is 16.1 Å². The smallest absolute Gasteiger partial charge is 0.256 e. The van der Waals surface area contributed by atoms with Gasteiger partial charge in [-0.1, -0.05) is 6.07 Å². The molecule has 4 rings (SSSR count). The molecule has 3 N–H and O–H groups in total. The van der Waals surface area contributed by atoms with Crippen LogP contribution in [0.5, 0.6) is 5.75 Å². The summed E-state index contributed by atoms with van der Waals surface area (Å²) >= 11 is 0. The first-order valence-corrected chi connectivity index (χ1v) is 9.95. The first kappa shape index (κ1) is 21.6. The number of nitrogens with zero attached hydrogens (tertiary/aromatic N) is 7. The zero-order chi connectivity index (χ0) is 23.4. The average Bonchev–Trinajstić information content (AvgIpc) is 3.26. The van der Waals surface area contributed by atoms with Crippen LogP contribution in [0.4, 0.5) is 23.3 Å². The highest BCUT2D eigenvalue weighted by Gasteiger charge is 2.19. The third-order valence-electron chi connectivity index (χ3n) is 4.61. The van der Waals surface area contributed by atoms with E-state index in [9.17, 15) is 4.79 Å². The van der Waals surface area contributed by atoms with E-state index in [1.54, 1.807) is 37.3 Å². The third-order valence-corrected chi connectivity index (χ3v) is 4.61. The Kier molecular flexibility index (Phi) is 6.06. The number of carbonyl (C=O) groups is 1. The Morgan fingerprint density at radius 1 is 1.09 bits per heavy atom. The monoisotopic (exact) mass is 446 g/mol. The minimum atomic E-state index is -0.347. The minimum absolute atomic E-state index is 0.241. The Hall–Kier alpha value is -4.61. The Bertz CT molecular complexity index is 1290. The van der Waals surface area contributed by atoms with Crippen LogP contribution in [0.2, 0.25) is 0 Å². The lowest BCUT2D eigenvalue weighted by Crippen LogP contribution is -2.20. The van der Waals surface area contributed by atoms with E-state index in [2.05, 4.69) is 46.2 Å². The number of aryl methyl sites for hydroxylation is 2. The number of para-hydroxylation sites is 1. The molecule has 0 aliphatic rings. The first-order valence-electron chi connectivity index (χ1n) is 9.95. The Morgan fingerprint density at radius 3 is 2.61 bits per heavy atom. The van der Waals surface area contributed by atoms with Gasteiger partial charge in [-0.05, 0) is 31.2 Å². The molecule has 1 amide bonds. The van der Waals surface area contributed by atoms with Crippen molar-refractivity contribution in [3.8, 4) is 17.1 Å². The van der Waals surface area contributed by atoms with Crippen LogP contribution in [-0.4, -0.2) is 55.0 Å². The van der Waals surface area contributed by atoms with Gasteiger partial charge in [0, 0.05) is 20.3 Å². The van der Waals surface area contributed by atoms with Gasteiger partial charge in [0.1, 0.15) is 17.7 Å². The number of anilines is 4. The number of benzene rings is 1. The van der Waals surface area contributed by atoms with Gasteiger partial charge < -0.3 is 20.7 Å². The van der Waals surface area contributed by atoms with E-state index >= 15 is 0 Å². The van der Waals surface area contributed by atoms with Crippen molar-refractivity contribution in [3.05, 3.63) is 54.1 Å². The van der Waals surface area contributed by atoms with Crippen molar-refractivity contribution in [3.63, 3.8) is 0 Å². The van der Waals surface area contributed by atoms with Gasteiger partial charge in [-0.3, -0.25) is 9.48 Å². The van der Waals surface area contributed by atoms with Crippen LogP contribution >= 0.6 is 0 Å². The van der Waals surface area contributed by atoms with Crippen LogP contribution in [-0.2, 0) is 7.05 Å². The van der Waals surface area contributed by atoms with Crippen LogP contribution < -0.4 is 20.7 Å². The number of methoxy groups -OCH3 is 1. The molecule has 0 aliphatic heterocycles. The molecular weight excluding hydrogens is 424 g/mol. The summed E-state index contributed by atoms with van der Waals surface area (Å²) < 4.78 is 7.25. The number of ether oxygens (including phenoxy) is 1. The van der Waals surface area contributed by atoms with Gasteiger partial charge in [0.05, 0.1) is 24.1 Å². The van der Waals surface area contributed by atoms with E-state index in [1.165, 1.54) is 13.2 Å². The van der Waals surface area contributed by atoms with E-state index in [0.717, 1.165) is 5.69 Å². The summed E-state index contributed by atoms with van der Waals surface area (Å²) in [5, 5.41) is 21.2. The van der Waals surface area contributed by atoms with Gasteiger partial charge in [0.2, 0.25) is 5.95 Å². The van der Waals surface area contributed by atoms with Crippen molar-refractivity contribution in [2.75, 3.05) is 24.8 Å². The zero-order valence-electron chi connectivity index (χ0n) is 18.5. The second-order valence-electron chi connectivity index (χ2n) is 6.97. The van der Waals surface area contributed by atoms with Crippen molar-refractivity contribution >= 4 is 29.2 Å². The van der Waals surface area contributed by atoms with Crippen LogP contribution in [0.15, 0.2) is 42.9 Å². The fourth-order valence-corrected chi connectivity index (χ4v) is 3.04. The largest absolute Gasteiger partial charge is 0.494 e. The molecule has 33 heavy (non-hydrogen) atoms. The molecule has 0 saturated carbocycles. The van der Waals surface area contributed by atoms with E-state index in [-0.39, 0.29) is 23.2 Å². The van der Waals surface area contributed by atoms with Crippen LogP contribution in [0.3, 0.4) is 0 Å². The second kappa shape index (κ2) is 9.26. The highest BCUT2D eigenvalue weighted by atomic mass is 16.5. The van der Waals surface area contributed by atoms with E-state index < -0.39 is 0 Å². The normalized spacial score (nSPS) is 10.5. The topological polar surface area (TPSA) is 145 Å². The molecule has 12 nitrogen and oxygen atoms in total. The maximum atomic E-state index is 12.4. The summed E-state index contributed by atoms with van der Waals surface area (Å²) in [6.45, 7) is 1.84. The molecule has 0 fully saturated rings. The molecule has 1 aromatic carbocycles. The predicted octanol–water partition coefficient (Wildman–Crippen LogP) is 2.23. The van der Waals surface area contributed by atoms with E-state index in [0.29, 0.717) is 28.6 Å². The Labute approximate surface area is 189 Å². The molecule has 0 spiro atoms. The maximum absolute atomic E-state index is 12.4. The number of amides is 1. The van der Waals surface area contributed by atoms with Gasteiger partial charge >= 0.3 is 0 Å². The quantitative estimate of drug-likeness (QED) is 0.386. The van der Waals surface area contributed by atoms with Gasteiger partial charge in [-0.25, -0.2) is 9.97 Å². The van der Waals surface area contributed by atoms with Crippen molar-refractivity contribution in [1.82, 2.24) is 40.2 Å². The molecule has 3 heterocycles. The average molecular weight is 446 g/mol. The second-order valence-corrected chi connectivity index (χ2v) is 6.97. The summed E-state index contributed by atoms with van der Waals surface area (Å²) in [7, 11) is 4.87. The van der Waals surface area contributed by atoms with Gasteiger partial charge in [-0.15, -0.1) is 5.10 Å². The van der Waals surface area contributed by atoms with Gasteiger partial charge in [-0.2, -0.15) is 15.2 Å². The number of rotatable bonds is 7. The predicted molar refractivity (Wildman–Crippen MR) is 122 cm³/mol. The number of nitrogens with one attached hydrogen (secondary N) is 3.